The normalized spacial score (nSPS) is 17.7. The van der Waals surface area contributed by atoms with Crippen molar-refractivity contribution in [3.8, 4) is 6.07 Å². The molecule has 140 valence electrons. The molecular formula is C21H23FN4O. The quantitative estimate of drug-likeness (QED) is 0.833. The molecule has 1 amide bonds. The first-order chi connectivity index (χ1) is 13.0. The van der Waals surface area contributed by atoms with Crippen molar-refractivity contribution < 1.29 is 9.18 Å². The van der Waals surface area contributed by atoms with Gasteiger partial charge in [-0.1, -0.05) is 32.0 Å². The van der Waals surface area contributed by atoms with Gasteiger partial charge in [0.25, 0.3) is 0 Å². The van der Waals surface area contributed by atoms with E-state index in [4.69, 9.17) is 5.26 Å². The molecule has 0 aliphatic carbocycles. The highest BCUT2D eigenvalue weighted by atomic mass is 19.1. The summed E-state index contributed by atoms with van der Waals surface area (Å²) >= 11 is 0. The van der Waals surface area contributed by atoms with Crippen molar-refractivity contribution in [1.82, 2.24) is 9.88 Å². The standard InChI is InChI=1S/C21H23FN4O/c1-15(2)19-14-25(20-5-3-4-18(12-23)24-20)11-10-21(27)26(19)13-16-6-8-17(22)9-7-16/h3-9,15,19H,10-11,13-14H2,1-2H3/t19-/m1/s1. The molecule has 2 aromatic rings. The van der Waals surface area contributed by atoms with E-state index in [1.165, 1.54) is 12.1 Å². The summed E-state index contributed by atoms with van der Waals surface area (Å²) in [5.41, 5.74) is 1.28. The molecule has 0 unspecified atom stereocenters. The summed E-state index contributed by atoms with van der Waals surface area (Å²) in [7, 11) is 0. The lowest BCUT2D eigenvalue weighted by molar-refractivity contribution is -0.134. The maximum absolute atomic E-state index is 13.2. The Balaban J connectivity index is 1.86. The average Bonchev–Trinajstić information content (AvgIpc) is 2.83. The molecule has 0 spiro atoms. The molecule has 0 saturated carbocycles. The van der Waals surface area contributed by atoms with Gasteiger partial charge in [-0.05, 0) is 35.7 Å². The zero-order valence-corrected chi connectivity index (χ0v) is 15.6. The van der Waals surface area contributed by atoms with E-state index in [0.29, 0.717) is 31.7 Å². The van der Waals surface area contributed by atoms with Crippen LogP contribution >= 0.6 is 0 Å². The molecule has 6 heteroatoms. The zero-order valence-electron chi connectivity index (χ0n) is 15.6. The largest absolute Gasteiger partial charge is 0.354 e. The molecule has 3 rings (SSSR count). The summed E-state index contributed by atoms with van der Waals surface area (Å²) in [4.78, 5) is 21.2. The number of rotatable bonds is 4. The fourth-order valence-corrected chi connectivity index (χ4v) is 3.41. The molecule has 1 aliphatic heterocycles. The van der Waals surface area contributed by atoms with Crippen LogP contribution in [-0.4, -0.2) is 34.9 Å². The van der Waals surface area contributed by atoms with Crippen LogP contribution in [0, 0.1) is 23.1 Å². The third-order valence-corrected chi connectivity index (χ3v) is 4.93. The summed E-state index contributed by atoms with van der Waals surface area (Å²) < 4.78 is 13.2. The second-order valence-corrected chi connectivity index (χ2v) is 7.15. The van der Waals surface area contributed by atoms with E-state index in [9.17, 15) is 9.18 Å². The number of anilines is 1. The summed E-state index contributed by atoms with van der Waals surface area (Å²) in [6, 6.07) is 13.7. The van der Waals surface area contributed by atoms with Crippen molar-refractivity contribution in [2.75, 3.05) is 18.0 Å². The van der Waals surface area contributed by atoms with Crippen molar-refractivity contribution in [2.45, 2.75) is 32.9 Å². The van der Waals surface area contributed by atoms with Gasteiger partial charge in [-0.25, -0.2) is 9.37 Å². The van der Waals surface area contributed by atoms with Crippen LogP contribution in [0.3, 0.4) is 0 Å². The number of aromatic nitrogens is 1. The summed E-state index contributed by atoms with van der Waals surface area (Å²) in [6.45, 7) is 5.86. The minimum absolute atomic E-state index is 0.00223. The molecule has 1 atom stereocenters. The number of carbonyl (C=O) groups is 1. The fourth-order valence-electron chi connectivity index (χ4n) is 3.41. The molecule has 1 fully saturated rings. The van der Waals surface area contributed by atoms with Crippen molar-refractivity contribution in [3.63, 3.8) is 0 Å². The first-order valence-electron chi connectivity index (χ1n) is 9.14. The minimum Gasteiger partial charge on any atom is -0.354 e. The van der Waals surface area contributed by atoms with Crippen LogP contribution in [0.4, 0.5) is 10.2 Å². The second kappa shape index (κ2) is 8.17. The molecule has 0 bridgehead atoms. The van der Waals surface area contributed by atoms with Crippen molar-refractivity contribution in [2.24, 2.45) is 5.92 Å². The number of nitrogens with zero attached hydrogens (tertiary/aromatic N) is 4. The highest BCUT2D eigenvalue weighted by molar-refractivity contribution is 5.78. The Morgan fingerprint density at radius 1 is 1.26 bits per heavy atom. The van der Waals surface area contributed by atoms with E-state index < -0.39 is 0 Å². The minimum atomic E-state index is -0.282. The van der Waals surface area contributed by atoms with Crippen LogP contribution in [0.1, 0.15) is 31.5 Å². The SMILES string of the molecule is CC(C)[C@H]1CN(c2cccc(C#N)n2)CCC(=O)N1Cc1ccc(F)cc1. The Kier molecular flexibility index (Phi) is 5.70. The van der Waals surface area contributed by atoms with Gasteiger partial charge in [0.2, 0.25) is 5.91 Å². The van der Waals surface area contributed by atoms with Crippen molar-refractivity contribution in [3.05, 3.63) is 59.5 Å². The zero-order chi connectivity index (χ0) is 19.4. The molecule has 2 heterocycles. The number of benzene rings is 1. The smallest absolute Gasteiger partial charge is 0.224 e. The van der Waals surface area contributed by atoms with E-state index in [0.717, 1.165) is 11.4 Å². The van der Waals surface area contributed by atoms with Gasteiger partial charge in [-0.15, -0.1) is 0 Å². The molecule has 1 aromatic heterocycles. The lowest BCUT2D eigenvalue weighted by Crippen LogP contribution is -2.46. The predicted octanol–water partition coefficient (Wildman–Crippen LogP) is 3.36. The lowest BCUT2D eigenvalue weighted by Gasteiger charge is -2.35. The van der Waals surface area contributed by atoms with Crippen LogP contribution in [-0.2, 0) is 11.3 Å². The molecule has 27 heavy (non-hydrogen) atoms. The third-order valence-electron chi connectivity index (χ3n) is 4.93. The van der Waals surface area contributed by atoms with E-state index in [-0.39, 0.29) is 23.7 Å². The predicted molar refractivity (Wildman–Crippen MR) is 101 cm³/mol. The summed E-state index contributed by atoms with van der Waals surface area (Å²) in [5, 5.41) is 9.10. The summed E-state index contributed by atoms with van der Waals surface area (Å²) in [6.07, 6.45) is 0.378. The van der Waals surface area contributed by atoms with Gasteiger partial charge in [0.05, 0.1) is 6.04 Å². The number of hydrogen-bond acceptors (Lipinski definition) is 4. The Morgan fingerprint density at radius 2 is 2.00 bits per heavy atom. The summed E-state index contributed by atoms with van der Waals surface area (Å²) in [5.74, 6) is 0.762. The lowest BCUT2D eigenvalue weighted by atomic mass is 10.0. The number of nitriles is 1. The molecule has 0 N–H and O–H groups in total. The van der Waals surface area contributed by atoms with Gasteiger partial charge < -0.3 is 9.80 Å². The molecular weight excluding hydrogens is 343 g/mol. The number of halogens is 1. The number of amides is 1. The highest BCUT2D eigenvalue weighted by Gasteiger charge is 2.32. The van der Waals surface area contributed by atoms with Crippen LogP contribution in [0.2, 0.25) is 0 Å². The van der Waals surface area contributed by atoms with Crippen molar-refractivity contribution in [1.29, 1.82) is 5.26 Å². The van der Waals surface area contributed by atoms with E-state index in [2.05, 4.69) is 29.8 Å². The number of pyridine rings is 1. The second-order valence-electron chi connectivity index (χ2n) is 7.15. The van der Waals surface area contributed by atoms with Gasteiger partial charge in [0.1, 0.15) is 23.4 Å². The first kappa shape index (κ1) is 18.8. The van der Waals surface area contributed by atoms with Crippen LogP contribution < -0.4 is 4.90 Å². The Morgan fingerprint density at radius 3 is 2.67 bits per heavy atom. The van der Waals surface area contributed by atoms with Gasteiger partial charge in [-0.3, -0.25) is 4.79 Å². The maximum atomic E-state index is 13.2. The maximum Gasteiger partial charge on any atom is 0.224 e. The van der Waals surface area contributed by atoms with E-state index >= 15 is 0 Å². The van der Waals surface area contributed by atoms with Gasteiger partial charge in [0, 0.05) is 26.1 Å². The van der Waals surface area contributed by atoms with E-state index in [1.807, 2.05) is 17.0 Å². The highest BCUT2D eigenvalue weighted by Crippen LogP contribution is 2.24. The van der Waals surface area contributed by atoms with Gasteiger partial charge in [0.15, 0.2) is 0 Å². The van der Waals surface area contributed by atoms with Crippen LogP contribution in [0.5, 0.6) is 0 Å². The topological polar surface area (TPSA) is 60.2 Å². The average molecular weight is 366 g/mol. The Labute approximate surface area is 159 Å². The van der Waals surface area contributed by atoms with Gasteiger partial charge in [-0.2, -0.15) is 5.26 Å². The Hall–Kier alpha value is -2.94. The molecule has 1 aliphatic rings. The molecule has 1 saturated heterocycles. The van der Waals surface area contributed by atoms with Gasteiger partial charge >= 0.3 is 0 Å². The third kappa shape index (κ3) is 4.43. The van der Waals surface area contributed by atoms with Crippen molar-refractivity contribution >= 4 is 11.7 Å². The molecule has 5 nitrogen and oxygen atoms in total. The van der Waals surface area contributed by atoms with E-state index in [1.54, 1.807) is 18.2 Å². The van der Waals surface area contributed by atoms with Crippen LogP contribution in [0.15, 0.2) is 42.5 Å². The number of hydrogen-bond donors (Lipinski definition) is 0. The fraction of sp³-hybridized carbons (Fsp3) is 0.381. The number of carbonyl (C=O) groups excluding carboxylic acids is 1. The Bertz CT molecular complexity index is 844. The monoisotopic (exact) mass is 366 g/mol. The molecule has 0 radical (unpaired) electrons. The molecule has 1 aromatic carbocycles. The van der Waals surface area contributed by atoms with Crippen LogP contribution in [0.25, 0.3) is 0 Å². The first-order valence-corrected chi connectivity index (χ1v) is 9.14.